The fraction of sp³-hybridized carbons (Fsp3) is 0.913. The predicted octanol–water partition coefficient (Wildman–Crippen LogP) is 4.13. The SMILES string of the molecule is CCCCCC/C=C/CCCCCCCCCO[C@@H]1CO[C@H]([C@@H](O)CO)[C@@H]1O. The van der Waals surface area contributed by atoms with Gasteiger partial charge in [-0.25, -0.2) is 0 Å². The van der Waals surface area contributed by atoms with E-state index < -0.39 is 31.0 Å². The first kappa shape index (κ1) is 25.6. The van der Waals surface area contributed by atoms with E-state index in [1.54, 1.807) is 0 Å². The number of allylic oxidation sites excluding steroid dienone is 2. The van der Waals surface area contributed by atoms with E-state index >= 15 is 0 Å². The average molecular weight is 401 g/mol. The minimum absolute atomic E-state index is 0.274. The second-order valence-corrected chi connectivity index (χ2v) is 8.03. The molecule has 0 bridgehead atoms. The van der Waals surface area contributed by atoms with Crippen molar-refractivity contribution in [1.29, 1.82) is 0 Å². The van der Waals surface area contributed by atoms with E-state index in [9.17, 15) is 10.2 Å². The number of rotatable bonds is 18. The Hall–Kier alpha value is -0.460. The second-order valence-electron chi connectivity index (χ2n) is 8.03. The van der Waals surface area contributed by atoms with Gasteiger partial charge in [-0.1, -0.05) is 70.4 Å². The molecule has 0 aromatic heterocycles. The minimum Gasteiger partial charge on any atom is -0.394 e. The average Bonchev–Trinajstić information content (AvgIpc) is 3.07. The van der Waals surface area contributed by atoms with E-state index in [0.717, 1.165) is 12.8 Å². The number of unbranched alkanes of at least 4 members (excludes halogenated alkanes) is 11. The lowest BCUT2D eigenvalue weighted by Gasteiger charge is -2.20. The molecule has 1 fully saturated rings. The van der Waals surface area contributed by atoms with Crippen LogP contribution in [0.15, 0.2) is 12.2 Å². The molecular weight excluding hydrogens is 356 g/mol. The van der Waals surface area contributed by atoms with Gasteiger partial charge in [0.05, 0.1) is 13.2 Å². The smallest absolute Gasteiger partial charge is 0.114 e. The molecule has 0 aromatic rings. The monoisotopic (exact) mass is 400 g/mol. The zero-order valence-electron chi connectivity index (χ0n) is 17.9. The first-order valence-corrected chi connectivity index (χ1v) is 11.6. The highest BCUT2D eigenvalue weighted by Gasteiger charge is 2.40. The molecule has 28 heavy (non-hydrogen) atoms. The third-order valence-electron chi connectivity index (χ3n) is 5.47. The molecule has 0 radical (unpaired) electrons. The first-order valence-electron chi connectivity index (χ1n) is 11.6. The van der Waals surface area contributed by atoms with Crippen molar-refractivity contribution in [2.24, 2.45) is 0 Å². The standard InChI is InChI=1S/C23H44O5/c1-2-3-4-5-6-7-8-9-10-11-12-13-14-15-16-17-27-21-19-28-23(22(21)26)20(25)18-24/h7-8,20-26H,2-6,9-19H2,1H3/b8-7+/t20-,21+,22+,23+/m0/s1. The summed E-state index contributed by atoms with van der Waals surface area (Å²) in [6.45, 7) is 2.72. The Morgan fingerprint density at radius 1 is 0.929 bits per heavy atom. The Morgan fingerprint density at radius 2 is 1.50 bits per heavy atom. The highest BCUT2D eigenvalue weighted by molar-refractivity contribution is 4.88. The summed E-state index contributed by atoms with van der Waals surface area (Å²) in [6.07, 6.45) is 18.1. The Morgan fingerprint density at radius 3 is 2.11 bits per heavy atom. The van der Waals surface area contributed by atoms with E-state index in [4.69, 9.17) is 14.6 Å². The quantitative estimate of drug-likeness (QED) is 0.238. The zero-order chi connectivity index (χ0) is 20.5. The van der Waals surface area contributed by atoms with E-state index in [1.807, 2.05) is 0 Å². The first-order chi connectivity index (χ1) is 13.7. The topological polar surface area (TPSA) is 79.2 Å². The Kier molecular flexibility index (Phi) is 15.9. The lowest BCUT2D eigenvalue weighted by molar-refractivity contribution is -0.0730. The van der Waals surface area contributed by atoms with Crippen molar-refractivity contribution < 1.29 is 24.8 Å². The molecule has 1 aliphatic rings. The van der Waals surface area contributed by atoms with Gasteiger partial charge in [-0.15, -0.1) is 0 Å². The van der Waals surface area contributed by atoms with Crippen LogP contribution in [-0.4, -0.2) is 59.6 Å². The summed E-state index contributed by atoms with van der Waals surface area (Å²) in [6, 6.07) is 0. The van der Waals surface area contributed by atoms with Crippen LogP contribution in [0.5, 0.6) is 0 Å². The van der Waals surface area contributed by atoms with Gasteiger partial charge in [-0.2, -0.15) is 0 Å². The lowest BCUT2D eigenvalue weighted by Crippen LogP contribution is -2.41. The van der Waals surface area contributed by atoms with Crippen molar-refractivity contribution in [3.8, 4) is 0 Å². The van der Waals surface area contributed by atoms with Crippen LogP contribution < -0.4 is 0 Å². The third-order valence-corrected chi connectivity index (χ3v) is 5.47. The van der Waals surface area contributed by atoms with Crippen LogP contribution in [0.2, 0.25) is 0 Å². The maximum atomic E-state index is 10.0. The summed E-state index contributed by atoms with van der Waals surface area (Å²) < 4.78 is 11.0. The number of aliphatic hydroxyl groups excluding tert-OH is 3. The maximum Gasteiger partial charge on any atom is 0.114 e. The second kappa shape index (κ2) is 17.4. The van der Waals surface area contributed by atoms with Gasteiger partial charge in [0.25, 0.3) is 0 Å². The van der Waals surface area contributed by atoms with Gasteiger partial charge in [-0.05, 0) is 32.1 Å². The molecule has 1 heterocycles. The van der Waals surface area contributed by atoms with Crippen molar-refractivity contribution in [3.63, 3.8) is 0 Å². The molecule has 166 valence electrons. The van der Waals surface area contributed by atoms with Gasteiger partial charge in [0.15, 0.2) is 0 Å². The van der Waals surface area contributed by atoms with Crippen LogP contribution in [0.25, 0.3) is 0 Å². The molecular formula is C23H44O5. The number of aliphatic hydroxyl groups is 3. The van der Waals surface area contributed by atoms with Gasteiger partial charge in [0.2, 0.25) is 0 Å². The molecule has 0 saturated carbocycles. The maximum absolute atomic E-state index is 10.0. The highest BCUT2D eigenvalue weighted by atomic mass is 16.6. The summed E-state index contributed by atoms with van der Waals surface area (Å²) in [5.41, 5.74) is 0. The van der Waals surface area contributed by atoms with Crippen molar-refractivity contribution >= 4 is 0 Å². The Balaban J connectivity index is 1.84. The van der Waals surface area contributed by atoms with Gasteiger partial charge in [0.1, 0.15) is 24.4 Å². The molecule has 5 heteroatoms. The van der Waals surface area contributed by atoms with E-state index in [0.29, 0.717) is 6.61 Å². The van der Waals surface area contributed by atoms with Crippen LogP contribution in [-0.2, 0) is 9.47 Å². The fourth-order valence-electron chi connectivity index (χ4n) is 3.61. The Bertz CT molecular complexity index is 374. The van der Waals surface area contributed by atoms with Crippen molar-refractivity contribution in [1.82, 2.24) is 0 Å². The van der Waals surface area contributed by atoms with Gasteiger partial charge >= 0.3 is 0 Å². The molecule has 0 spiro atoms. The molecule has 3 N–H and O–H groups in total. The number of hydrogen-bond donors (Lipinski definition) is 3. The van der Waals surface area contributed by atoms with E-state index in [2.05, 4.69) is 19.1 Å². The largest absolute Gasteiger partial charge is 0.394 e. The van der Waals surface area contributed by atoms with Gasteiger partial charge in [0, 0.05) is 6.61 Å². The van der Waals surface area contributed by atoms with Crippen LogP contribution in [0.3, 0.4) is 0 Å². The van der Waals surface area contributed by atoms with Crippen molar-refractivity contribution in [2.45, 2.75) is 115 Å². The summed E-state index contributed by atoms with van der Waals surface area (Å²) >= 11 is 0. The molecule has 0 aromatic carbocycles. The normalized spacial score (nSPS) is 23.6. The molecule has 4 atom stereocenters. The van der Waals surface area contributed by atoms with E-state index in [-0.39, 0.29) is 6.61 Å². The summed E-state index contributed by atoms with van der Waals surface area (Å²) in [4.78, 5) is 0. The van der Waals surface area contributed by atoms with Crippen LogP contribution in [0.4, 0.5) is 0 Å². The van der Waals surface area contributed by atoms with Crippen LogP contribution in [0, 0.1) is 0 Å². The molecule has 0 aliphatic carbocycles. The summed E-state index contributed by atoms with van der Waals surface area (Å²) in [7, 11) is 0. The van der Waals surface area contributed by atoms with Crippen molar-refractivity contribution in [3.05, 3.63) is 12.2 Å². The van der Waals surface area contributed by atoms with Gasteiger partial charge in [-0.3, -0.25) is 0 Å². The number of hydrogen-bond acceptors (Lipinski definition) is 5. The van der Waals surface area contributed by atoms with Gasteiger partial charge < -0.3 is 24.8 Å². The molecule has 0 unspecified atom stereocenters. The summed E-state index contributed by atoms with van der Waals surface area (Å²) in [5.74, 6) is 0. The fourth-order valence-corrected chi connectivity index (χ4v) is 3.61. The molecule has 1 saturated heterocycles. The third kappa shape index (κ3) is 11.5. The predicted molar refractivity (Wildman–Crippen MR) is 113 cm³/mol. The lowest BCUT2D eigenvalue weighted by atomic mass is 10.1. The van der Waals surface area contributed by atoms with Crippen LogP contribution >= 0.6 is 0 Å². The Labute approximate surface area is 172 Å². The minimum atomic E-state index is -1.05. The van der Waals surface area contributed by atoms with Crippen LogP contribution in [0.1, 0.15) is 90.4 Å². The highest BCUT2D eigenvalue weighted by Crippen LogP contribution is 2.20. The molecule has 0 amide bonds. The molecule has 1 rings (SSSR count). The van der Waals surface area contributed by atoms with E-state index in [1.165, 1.54) is 70.6 Å². The molecule has 5 nitrogen and oxygen atoms in total. The summed E-state index contributed by atoms with van der Waals surface area (Å²) in [5, 5.41) is 28.6. The van der Waals surface area contributed by atoms with Crippen molar-refractivity contribution in [2.75, 3.05) is 19.8 Å². The molecule has 1 aliphatic heterocycles. The zero-order valence-corrected chi connectivity index (χ0v) is 17.9. The number of ether oxygens (including phenoxy) is 2.